The van der Waals surface area contributed by atoms with Gasteiger partial charge in [-0.1, -0.05) is 0 Å². The van der Waals surface area contributed by atoms with Gasteiger partial charge in [0.25, 0.3) is 0 Å². The van der Waals surface area contributed by atoms with Gasteiger partial charge < -0.3 is 14.7 Å². The molecule has 3 heteroatoms. The maximum atomic E-state index is 9.12. The molecule has 0 aromatic heterocycles. The van der Waals surface area contributed by atoms with E-state index in [0.29, 0.717) is 12.0 Å². The molecule has 1 aliphatic rings. The zero-order valence-corrected chi connectivity index (χ0v) is 8.86. The Labute approximate surface area is 80.7 Å². The third kappa shape index (κ3) is 3.63. The lowest BCUT2D eigenvalue weighted by atomic mass is 9.82. The normalized spacial score (nSPS) is 30.2. The van der Waals surface area contributed by atoms with E-state index in [2.05, 4.69) is 18.9 Å². The van der Waals surface area contributed by atoms with Gasteiger partial charge in [0.1, 0.15) is 0 Å². The highest BCUT2D eigenvalue weighted by molar-refractivity contribution is 4.80. The van der Waals surface area contributed by atoms with Crippen molar-refractivity contribution in [3.63, 3.8) is 0 Å². The van der Waals surface area contributed by atoms with E-state index >= 15 is 0 Å². The molecule has 3 nitrogen and oxygen atoms in total. The third-order valence-electron chi connectivity index (χ3n) is 2.75. The average Bonchev–Trinajstić information content (AvgIpc) is 2.01. The van der Waals surface area contributed by atoms with Gasteiger partial charge in [0.15, 0.2) is 0 Å². The molecule has 1 saturated carbocycles. The van der Waals surface area contributed by atoms with Gasteiger partial charge in [-0.2, -0.15) is 0 Å². The lowest BCUT2D eigenvalue weighted by Crippen LogP contribution is -2.39. The first-order chi connectivity index (χ1) is 6.11. The summed E-state index contributed by atoms with van der Waals surface area (Å²) < 4.78 is 5.18. The van der Waals surface area contributed by atoms with Crippen LogP contribution in [0.1, 0.15) is 19.8 Å². The number of nitrogens with zero attached hydrogens (tertiary/aromatic N) is 1. The van der Waals surface area contributed by atoms with E-state index < -0.39 is 0 Å². The van der Waals surface area contributed by atoms with Crippen LogP contribution in [-0.4, -0.2) is 49.5 Å². The molecule has 13 heavy (non-hydrogen) atoms. The summed E-state index contributed by atoms with van der Waals surface area (Å²) in [7, 11) is 3.85. The second kappa shape index (κ2) is 4.94. The van der Waals surface area contributed by atoms with Crippen molar-refractivity contribution in [3.05, 3.63) is 0 Å². The fourth-order valence-corrected chi connectivity index (χ4v) is 1.88. The van der Waals surface area contributed by atoms with Crippen molar-refractivity contribution in [2.45, 2.75) is 32.0 Å². The smallest absolute Gasteiger partial charge is 0.0669 e. The van der Waals surface area contributed by atoms with Gasteiger partial charge in [-0.3, -0.25) is 0 Å². The maximum Gasteiger partial charge on any atom is 0.0669 e. The number of likely N-dealkylation sites (N-methyl/N-ethyl adjacent to an activating group) is 1. The van der Waals surface area contributed by atoms with E-state index in [-0.39, 0.29) is 6.10 Å². The molecule has 0 spiro atoms. The fourth-order valence-electron chi connectivity index (χ4n) is 1.88. The van der Waals surface area contributed by atoms with Crippen molar-refractivity contribution in [1.29, 1.82) is 0 Å². The Bertz CT molecular complexity index is 146. The van der Waals surface area contributed by atoms with Crippen LogP contribution in [0.5, 0.6) is 0 Å². The molecule has 1 rings (SSSR count). The van der Waals surface area contributed by atoms with Gasteiger partial charge in [-0.05, 0) is 32.7 Å². The SMILES string of the molecule is COC(C)CN(C)CC1CC(O)C1. The highest BCUT2D eigenvalue weighted by Crippen LogP contribution is 2.27. The summed E-state index contributed by atoms with van der Waals surface area (Å²) in [4.78, 5) is 2.28. The van der Waals surface area contributed by atoms with Crippen LogP contribution in [0, 0.1) is 5.92 Å². The van der Waals surface area contributed by atoms with Crippen LogP contribution in [0.25, 0.3) is 0 Å². The number of aliphatic hydroxyl groups excluding tert-OH is 1. The predicted octanol–water partition coefficient (Wildman–Crippen LogP) is 0.724. The second-order valence-electron chi connectivity index (χ2n) is 4.26. The molecule has 0 aliphatic heterocycles. The van der Waals surface area contributed by atoms with Crippen molar-refractivity contribution < 1.29 is 9.84 Å². The van der Waals surface area contributed by atoms with Crippen molar-refractivity contribution in [2.75, 3.05) is 27.2 Å². The molecule has 0 aromatic rings. The van der Waals surface area contributed by atoms with Gasteiger partial charge >= 0.3 is 0 Å². The first kappa shape index (κ1) is 11.0. The van der Waals surface area contributed by atoms with Crippen LogP contribution >= 0.6 is 0 Å². The van der Waals surface area contributed by atoms with Crippen molar-refractivity contribution in [2.24, 2.45) is 5.92 Å². The van der Waals surface area contributed by atoms with E-state index in [4.69, 9.17) is 9.84 Å². The zero-order valence-electron chi connectivity index (χ0n) is 8.86. The summed E-state index contributed by atoms with van der Waals surface area (Å²) in [5, 5.41) is 9.12. The Hall–Kier alpha value is -0.120. The molecule has 0 aromatic carbocycles. The Kier molecular flexibility index (Phi) is 4.16. The molecular formula is C10H21NO2. The first-order valence-electron chi connectivity index (χ1n) is 5.01. The Morgan fingerprint density at radius 3 is 2.62 bits per heavy atom. The number of aliphatic hydroxyl groups is 1. The molecule has 1 fully saturated rings. The minimum absolute atomic E-state index is 0.0294. The van der Waals surface area contributed by atoms with E-state index in [1.807, 2.05) is 0 Å². The van der Waals surface area contributed by atoms with Crippen LogP contribution in [0.4, 0.5) is 0 Å². The van der Waals surface area contributed by atoms with E-state index in [0.717, 1.165) is 25.9 Å². The van der Waals surface area contributed by atoms with Crippen molar-refractivity contribution in [1.82, 2.24) is 4.90 Å². The molecule has 0 radical (unpaired) electrons. The van der Waals surface area contributed by atoms with Gasteiger partial charge in [0.2, 0.25) is 0 Å². The third-order valence-corrected chi connectivity index (χ3v) is 2.75. The van der Waals surface area contributed by atoms with E-state index in [9.17, 15) is 0 Å². The Morgan fingerprint density at radius 2 is 2.15 bits per heavy atom. The zero-order chi connectivity index (χ0) is 9.84. The van der Waals surface area contributed by atoms with Crippen LogP contribution in [0.2, 0.25) is 0 Å². The summed E-state index contributed by atoms with van der Waals surface area (Å²) in [6.45, 7) is 4.14. The van der Waals surface area contributed by atoms with E-state index in [1.54, 1.807) is 7.11 Å². The summed E-state index contributed by atoms with van der Waals surface area (Å²) in [5.74, 6) is 0.698. The molecule has 0 heterocycles. The van der Waals surface area contributed by atoms with Gasteiger partial charge in [-0.15, -0.1) is 0 Å². The highest BCUT2D eigenvalue weighted by Gasteiger charge is 2.27. The molecule has 0 amide bonds. The summed E-state index contributed by atoms with van der Waals surface area (Å²) in [6.07, 6.45) is 2.23. The minimum Gasteiger partial charge on any atom is -0.393 e. The fraction of sp³-hybridized carbons (Fsp3) is 1.00. The topological polar surface area (TPSA) is 32.7 Å². The molecule has 1 N–H and O–H groups in total. The summed E-state index contributed by atoms with van der Waals surface area (Å²) in [6, 6.07) is 0. The molecule has 1 atom stereocenters. The number of rotatable bonds is 5. The van der Waals surface area contributed by atoms with E-state index in [1.165, 1.54) is 0 Å². The largest absolute Gasteiger partial charge is 0.393 e. The van der Waals surface area contributed by atoms with Crippen LogP contribution < -0.4 is 0 Å². The monoisotopic (exact) mass is 187 g/mol. The molecule has 0 bridgehead atoms. The predicted molar refractivity (Wildman–Crippen MR) is 52.7 cm³/mol. The molecule has 0 saturated heterocycles. The van der Waals surface area contributed by atoms with Crippen LogP contribution in [-0.2, 0) is 4.74 Å². The lowest BCUT2D eigenvalue weighted by Gasteiger charge is -2.35. The van der Waals surface area contributed by atoms with Gasteiger partial charge in [0, 0.05) is 20.2 Å². The Balaban J connectivity index is 2.07. The standard InChI is InChI=1S/C10H21NO2/c1-8(13-3)6-11(2)7-9-4-10(12)5-9/h8-10,12H,4-7H2,1-3H3. The highest BCUT2D eigenvalue weighted by atomic mass is 16.5. The van der Waals surface area contributed by atoms with Crippen molar-refractivity contribution in [3.8, 4) is 0 Å². The van der Waals surface area contributed by atoms with Crippen molar-refractivity contribution >= 4 is 0 Å². The molecule has 78 valence electrons. The number of methoxy groups -OCH3 is 1. The number of hydrogen-bond donors (Lipinski definition) is 1. The first-order valence-corrected chi connectivity index (χ1v) is 5.01. The second-order valence-corrected chi connectivity index (χ2v) is 4.26. The molecular weight excluding hydrogens is 166 g/mol. The minimum atomic E-state index is -0.0294. The summed E-state index contributed by atoms with van der Waals surface area (Å²) >= 11 is 0. The maximum absolute atomic E-state index is 9.12. The van der Waals surface area contributed by atoms with Gasteiger partial charge in [0.05, 0.1) is 12.2 Å². The van der Waals surface area contributed by atoms with Crippen LogP contribution in [0.3, 0.4) is 0 Å². The lowest BCUT2D eigenvalue weighted by molar-refractivity contribution is 0.0179. The molecule has 1 aliphatic carbocycles. The Morgan fingerprint density at radius 1 is 1.54 bits per heavy atom. The summed E-state index contributed by atoms with van der Waals surface area (Å²) in [5.41, 5.74) is 0. The number of hydrogen-bond acceptors (Lipinski definition) is 3. The quantitative estimate of drug-likeness (QED) is 0.688. The average molecular weight is 187 g/mol. The van der Waals surface area contributed by atoms with Crippen LogP contribution in [0.15, 0.2) is 0 Å². The number of ether oxygens (including phenoxy) is 1. The van der Waals surface area contributed by atoms with Gasteiger partial charge in [-0.25, -0.2) is 0 Å². The molecule has 1 unspecified atom stereocenters.